The second-order valence-corrected chi connectivity index (χ2v) is 8.89. The van der Waals surface area contributed by atoms with Crippen LogP contribution >= 0.6 is 0 Å². The van der Waals surface area contributed by atoms with Crippen LogP contribution < -0.4 is 15.4 Å². The summed E-state index contributed by atoms with van der Waals surface area (Å²) in [7, 11) is -2.19. The average molecular weight is 317 g/mol. The highest BCUT2D eigenvalue weighted by molar-refractivity contribution is 6.69. The molecule has 0 aromatic carbocycles. The van der Waals surface area contributed by atoms with Crippen LogP contribution in [0.15, 0.2) is 0 Å². The van der Waals surface area contributed by atoms with E-state index in [0.717, 1.165) is 26.2 Å². The first kappa shape index (κ1) is 21.1. The van der Waals surface area contributed by atoms with Gasteiger partial charge in [0.2, 0.25) is 0 Å². The van der Waals surface area contributed by atoms with Gasteiger partial charge in [0.05, 0.1) is 0 Å². The van der Waals surface area contributed by atoms with Crippen molar-refractivity contribution in [3.63, 3.8) is 0 Å². The van der Waals surface area contributed by atoms with Crippen LogP contribution in [0.4, 0.5) is 0 Å². The molecule has 0 unspecified atom stereocenters. The van der Waals surface area contributed by atoms with Crippen LogP contribution in [0.2, 0.25) is 0 Å². The molecule has 0 aliphatic carbocycles. The molecule has 0 radical (unpaired) electrons. The van der Waals surface area contributed by atoms with E-state index in [-0.39, 0.29) is 0 Å². The van der Waals surface area contributed by atoms with Crippen molar-refractivity contribution in [2.75, 3.05) is 26.2 Å². The third-order valence-corrected chi connectivity index (χ3v) is 6.93. The molecule has 0 atom stereocenters. The lowest BCUT2D eigenvalue weighted by atomic mass is 10.3. The summed E-state index contributed by atoms with van der Waals surface area (Å²) in [5.74, 6) is 0. The standard InChI is InChI=1S/C16H40N4Si/c1-5-9-13-18-21(17,19-14-10-6-2)20(15-11-7-3)16-12-8-4/h18-19H,5-17H2,1-4H3. The van der Waals surface area contributed by atoms with Crippen molar-refractivity contribution in [1.82, 2.24) is 14.5 Å². The van der Waals surface area contributed by atoms with Crippen LogP contribution in [-0.2, 0) is 0 Å². The Balaban J connectivity index is 4.68. The van der Waals surface area contributed by atoms with E-state index in [1.165, 1.54) is 51.4 Å². The summed E-state index contributed by atoms with van der Waals surface area (Å²) in [6, 6.07) is 0. The minimum Gasteiger partial charge on any atom is -0.314 e. The first-order valence-corrected chi connectivity index (χ1v) is 11.2. The highest BCUT2D eigenvalue weighted by atomic mass is 28.4. The van der Waals surface area contributed by atoms with Crippen molar-refractivity contribution in [3.05, 3.63) is 0 Å². The summed E-state index contributed by atoms with van der Waals surface area (Å²) >= 11 is 0. The quantitative estimate of drug-likeness (QED) is 0.321. The van der Waals surface area contributed by atoms with Gasteiger partial charge in [-0.15, -0.1) is 0 Å². The van der Waals surface area contributed by atoms with Gasteiger partial charge in [-0.2, -0.15) is 0 Å². The lowest BCUT2D eigenvalue weighted by Gasteiger charge is -2.39. The zero-order chi connectivity index (χ0) is 16.0. The molecule has 0 rings (SSSR count). The number of nitrogens with two attached hydrogens (primary N) is 1. The Labute approximate surface area is 134 Å². The van der Waals surface area contributed by atoms with Gasteiger partial charge in [0.15, 0.2) is 0 Å². The van der Waals surface area contributed by atoms with E-state index in [9.17, 15) is 0 Å². The molecule has 0 aliphatic rings. The van der Waals surface area contributed by atoms with E-state index in [4.69, 9.17) is 5.40 Å². The fourth-order valence-electron chi connectivity index (χ4n) is 2.36. The smallest absolute Gasteiger partial charge is 0.314 e. The molecule has 5 heteroatoms. The van der Waals surface area contributed by atoms with Gasteiger partial charge in [-0.1, -0.05) is 53.4 Å². The molecule has 0 heterocycles. The molecule has 4 nitrogen and oxygen atoms in total. The molecule has 0 aliphatic heterocycles. The lowest BCUT2D eigenvalue weighted by molar-refractivity contribution is 0.372. The molecular weight excluding hydrogens is 276 g/mol. The van der Waals surface area contributed by atoms with Gasteiger partial charge in [-0.3, -0.25) is 4.57 Å². The van der Waals surface area contributed by atoms with Crippen molar-refractivity contribution < 1.29 is 0 Å². The number of rotatable bonds is 15. The molecule has 0 saturated carbocycles. The predicted octanol–water partition coefficient (Wildman–Crippen LogP) is 3.06. The van der Waals surface area contributed by atoms with E-state index in [1.54, 1.807) is 0 Å². The molecule has 0 spiro atoms. The summed E-state index contributed by atoms with van der Waals surface area (Å²) in [5.41, 5.74) is 0. The zero-order valence-electron chi connectivity index (χ0n) is 15.0. The van der Waals surface area contributed by atoms with Gasteiger partial charge >= 0.3 is 8.72 Å². The van der Waals surface area contributed by atoms with Gasteiger partial charge in [0.1, 0.15) is 0 Å². The Morgan fingerprint density at radius 2 is 1.10 bits per heavy atom. The first-order chi connectivity index (χ1) is 10.1. The highest BCUT2D eigenvalue weighted by Gasteiger charge is 2.35. The number of nitrogens with zero attached hydrogens (tertiary/aromatic N) is 1. The van der Waals surface area contributed by atoms with Crippen molar-refractivity contribution in [3.8, 4) is 0 Å². The molecule has 4 N–H and O–H groups in total. The molecular formula is C16H40N4Si. The van der Waals surface area contributed by atoms with Crippen LogP contribution in [0.3, 0.4) is 0 Å². The highest BCUT2D eigenvalue weighted by Crippen LogP contribution is 2.05. The molecule has 0 aromatic rings. The summed E-state index contributed by atoms with van der Waals surface area (Å²) in [6.45, 7) is 13.3. The van der Waals surface area contributed by atoms with E-state index in [0.29, 0.717) is 0 Å². The first-order valence-electron chi connectivity index (χ1n) is 9.18. The summed E-state index contributed by atoms with van der Waals surface area (Å²) in [6.07, 6.45) is 9.79. The maximum atomic E-state index is 6.85. The fraction of sp³-hybridized carbons (Fsp3) is 1.00. The average Bonchev–Trinajstić information content (AvgIpc) is 2.48. The van der Waals surface area contributed by atoms with Gasteiger partial charge < -0.3 is 15.4 Å². The second-order valence-electron chi connectivity index (χ2n) is 6.02. The monoisotopic (exact) mass is 316 g/mol. The second kappa shape index (κ2) is 13.7. The zero-order valence-corrected chi connectivity index (χ0v) is 16.0. The molecule has 0 aromatic heterocycles. The Bertz CT molecular complexity index is 208. The van der Waals surface area contributed by atoms with Crippen molar-refractivity contribution >= 4 is 8.72 Å². The van der Waals surface area contributed by atoms with E-state index in [1.807, 2.05) is 0 Å². The molecule has 0 fully saturated rings. The van der Waals surface area contributed by atoms with Crippen LogP contribution in [0, 0.1) is 0 Å². The van der Waals surface area contributed by atoms with E-state index >= 15 is 0 Å². The Morgan fingerprint density at radius 1 is 0.714 bits per heavy atom. The third kappa shape index (κ3) is 9.63. The molecule has 0 bridgehead atoms. The van der Waals surface area contributed by atoms with Crippen molar-refractivity contribution in [1.29, 1.82) is 0 Å². The normalized spacial score (nSPS) is 12.3. The van der Waals surface area contributed by atoms with E-state index in [2.05, 4.69) is 42.2 Å². The van der Waals surface area contributed by atoms with Crippen molar-refractivity contribution in [2.45, 2.75) is 79.1 Å². The summed E-state index contributed by atoms with van der Waals surface area (Å²) in [4.78, 5) is 7.41. The Morgan fingerprint density at radius 3 is 1.43 bits per heavy atom. The Kier molecular flexibility index (Phi) is 13.7. The summed E-state index contributed by atoms with van der Waals surface area (Å²) < 4.78 is 2.55. The van der Waals surface area contributed by atoms with Crippen LogP contribution in [0.25, 0.3) is 0 Å². The van der Waals surface area contributed by atoms with Gasteiger partial charge in [0.25, 0.3) is 0 Å². The third-order valence-electron chi connectivity index (χ3n) is 3.91. The maximum absolute atomic E-state index is 6.85. The fourth-order valence-corrected chi connectivity index (χ4v) is 5.07. The number of hydrogen-bond acceptors (Lipinski definition) is 4. The van der Waals surface area contributed by atoms with Gasteiger partial charge in [-0.05, 0) is 51.9 Å². The topological polar surface area (TPSA) is 53.3 Å². The number of unbranched alkanes of at least 4 members (excludes halogenated alkanes) is 4. The number of hydrogen-bond donors (Lipinski definition) is 3. The van der Waals surface area contributed by atoms with Gasteiger partial charge in [-0.25, -0.2) is 0 Å². The van der Waals surface area contributed by atoms with Crippen molar-refractivity contribution in [2.24, 2.45) is 5.40 Å². The van der Waals surface area contributed by atoms with Crippen LogP contribution in [0.1, 0.15) is 79.1 Å². The molecule has 0 saturated heterocycles. The summed E-state index contributed by atoms with van der Waals surface area (Å²) in [5, 5.41) is 6.85. The Hall–Kier alpha value is 0.0569. The number of nitrogens with one attached hydrogen (secondary N) is 2. The molecule has 21 heavy (non-hydrogen) atoms. The largest absolute Gasteiger partial charge is 0.365 e. The van der Waals surface area contributed by atoms with Crippen LogP contribution in [0.5, 0.6) is 0 Å². The van der Waals surface area contributed by atoms with Gasteiger partial charge in [0, 0.05) is 0 Å². The van der Waals surface area contributed by atoms with E-state index < -0.39 is 8.72 Å². The minimum atomic E-state index is -2.19. The lowest BCUT2D eigenvalue weighted by Crippen LogP contribution is -2.80. The predicted molar refractivity (Wildman–Crippen MR) is 97.2 cm³/mol. The molecule has 128 valence electrons. The maximum Gasteiger partial charge on any atom is 0.365 e. The minimum absolute atomic E-state index is 1.03. The SMILES string of the molecule is CCCCN[Si](N)(NCCCC)N(CCCC)CCCC. The molecule has 0 amide bonds. The van der Waals surface area contributed by atoms with Crippen LogP contribution in [-0.4, -0.2) is 39.5 Å².